The Morgan fingerprint density at radius 1 is 1.05 bits per heavy atom. The van der Waals surface area contributed by atoms with Crippen molar-refractivity contribution >= 4 is 24.5 Å². The second-order valence-electron chi connectivity index (χ2n) is 13.2. The minimum absolute atomic E-state index is 0.188. The zero-order chi connectivity index (χ0) is 31.3. The first-order chi connectivity index (χ1) is 20.1. The Morgan fingerprint density at radius 3 is 2.30 bits per heavy atom. The summed E-state index contributed by atoms with van der Waals surface area (Å²) in [7, 11) is -0.626. The maximum Gasteiger partial charge on any atom is 0.496 e. The van der Waals surface area contributed by atoms with Gasteiger partial charge < -0.3 is 18.9 Å². The average molecular weight is 602 g/mol. The van der Waals surface area contributed by atoms with Gasteiger partial charge >= 0.3 is 19.4 Å². The largest absolute Gasteiger partial charge is 0.496 e. The summed E-state index contributed by atoms with van der Waals surface area (Å²) >= 11 is 0. The third-order valence-electron chi connectivity index (χ3n) is 9.61. The van der Waals surface area contributed by atoms with Gasteiger partial charge in [0, 0.05) is 29.8 Å². The van der Waals surface area contributed by atoms with Crippen LogP contribution in [0.15, 0.2) is 30.5 Å². The van der Waals surface area contributed by atoms with E-state index in [1.165, 1.54) is 6.42 Å². The van der Waals surface area contributed by atoms with E-state index < -0.39 is 48.3 Å². The molecule has 1 aromatic heterocycles. The predicted octanol–water partition coefficient (Wildman–Crippen LogP) is 6.95. The van der Waals surface area contributed by atoms with Crippen molar-refractivity contribution in [2.45, 2.75) is 123 Å². The van der Waals surface area contributed by atoms with Crippen LogP contribution < -0.4 is 10.4 Å². The van der Waals surface area contributed by atoms with E-state index in [1.54, 1.807) is 24.1 Å². The first-order valence-electron chi connectivity index (χ1n) is 15.4. The molecule has 2 aliphatic heterocycles. The second kappa shape index (κ2) is 11.6. The lowest BCUT2D eigenvalue weighted by molar-refractivity contribution is -0.137. The molecule has 2 atom stereocenters. The highest BCUT2D eigenvalue weighted by atomic mass is 19.4. The number of aryl methyl sites for hydroxylation is 1. The highest BCUT2D eigenvalue weighted by Gasteiger charge is 2.52. The van der Waals surface area contributed by atoms with Gasteiger partial charge in [-0.2, -0.15) is 13.2 Å². The van der Waals surface area contributed by atoms with E-state index >= 15 is 0 Å². The first kappa shape index (κ1) is 31.6. The fourth-order valence-electron chi connectivity index (χ4n) is 6.46. The zero-order valence-electron chi connectivity index (χ0n) is 26.3. The van der Waals surface area contributed by atoms with Crippen molar-refractivity contribution < 1.29 is 32.0 Å². The summed E-state index contributed by atoms with van der Waals surface area (Å²) in [6, 6.07) is 5.68. The number of anilines is 1. The van der Waals surface area contributed by atoms with Gasteiger partial charge in [0.15, 0.2) is 0 Å². The molecule has 1 aromatic carbocycles. The van der Waals surface area contributed by atoms with Crippen LogP contribution in [-0.2, 0) is 26.8 Å². The molecule has 5 rings (SSSR count). The minimum atomic E-state index is -4.50. The quantitative estimate of drug-likeness (QED) is 0.320. The molecule has 3 heterocycles. The minimum Gasteiger partial charge on any atom is -0.439 e. The number of rotatable bonds is 7. The maximum absolute atomic E-state index is 13.6. The second-order valence-corrected chi connectivity index (χ2v) is 13.2. The number of alkyl halides is 3. The van der Waals surface area contributed by atoms with Gasteiger partial charge in [-0.3, -0.25) is 4.90 Å². The van der Waals surface area contributed by atoms with Crippen molar-refractivity contribution in [1.82, 2.24) is 9.88 Å². The summed E-state index contributed by atoms with van der Waals surface area (Å²) in [4.78, 5) is 22.2. The van der Waals surface area contributed by atoms with Gasteiger partial charge in [-0.1, -0.05) is 37.0 Å². The van der Waals surface area contributed by atoms with Gasteiger partial charge in [-0.05, 0) is 79.0 Å². The fraction of sp³-hybridized carbons (Fsp3) is 0.625. The van der Waals surface area contributed by atoms with E-state index in [9.17, 15) is 18.0 Å². The van der Waals surface area contributed by atoms with E-state index in [2.05, 4.69) is 11.8 Å². The number of hydrogen-bond acceptors (Lipinski definition) is 6. The van der Waals surface area contributed by atoms with Crippen LogP contribution in [0.3, 0.4) is 0 Å². The highest BCUT2D eigenvalue weighted by molar-refractivity contribution is 6.62. The SMILES string of the molecule is CCN(c1ncc(B2OC(C)(C)C(C)(C)O2)cc1CN1C(=O)O[C@H](c2cc(C)cc(C(F)(F)F)c2)[C@@H]1C)C1CCCCC1. The Kier molecular flexibility index (Phi) is 8.55. The Balaban J connectivity index is 1.49. The van der Waals surface area contributed by atoms with E-state index in [1.807, 2.05) is 40.7 Å². The van der Waals surface area contributed by atoms with E-state index in [0.717, 1.165) is 61.2 Å². The molecule has 3 aliphatic rings. The summed E-state index contributed by atoms with van der Waals surface area (Å²) in [5.41, 5.74) is 0.551. The fourth-order valence-corrected chi connectivity index (χ4v) is 6.46. The number of halogens is 3. The number of hydrogen-bond donors (Lipinski definition) is 0. The topological polar surface area (TPSA) is 64.1 Å². The molecule has 7 nitrogen and oxygen atoms in total. The van der Waals surface area contributed by atoms with E-state index in [-0.39, 0.29) is 6.54 Å². The molecule has 0 bridgehead atoms. The molecule has 0 N–H and O–H groups in total. The Hall–Kier alpha value is -2.79. The summed E-state index contributed by atoms with van der Waals surface area (Å²) in [5.74, 6) is 0.799. The van der Waals surface area contributed by atoms with Crippen LogP contribution in [0, 0.1) is 6.92 Å². The lowest BCUT2D eigenvalue weighted by Crippen LogP contribution is -2.41. The molecule has 3 fully saturated rings. The molecule has 0 unspecified atom stereocenters. The molecular weight excluding hydrogens is 558 g/mol. The van der Waals surface area contributed by atoms with Crippen molar-refractivity contribution in [2.75, 3.05) is 11.4 Å². The average Bonchev–Trinajstić information content (AvgIpc) is 3.34. The van der Waals surface area contributed by atoms with Crippen LogP contribution in [0.25, 0.3) is 0 Å². The number of carbonyl (C=O) groups is 1. The van der Waals surface area contributed by atoms with Crippen LogP contribution in [0.2, 0.25) is 0 Å². The molecule has 1 amide bonds. The molecule has 2 saturated heterocycles. The highest BCUT2D eigenvalue weighted by Crippen LogP contribution is 2.40. The Bertz CT molecular complexity index is 1330. The first-order valence-corrected chi connectivity index (χ1v) is 15.4. The van der Waals surface area contributed by atoms with E-state index in [0.29, 0.717) is 17.2 Å². The summed E-state index contributed by atoms with van der Waals surface area (Å²) in [6.45, 7) is 14.5. The van der Waals surface area contributed by atoms with Crippen LogP contribution >= 0.6 is 0 Å². The van der Waals surface area contributed by atoms with Crippen molar-refractivity contribution in [2.24, 2.45) is 0 Å². The normalized spacial score (nSPS) is 24.0. The molecule has 1 saturated carbocycles. The molecule has 2 aromatic rings. The Morgan fingerprint density at radius 2 is 1.70 bits per heavy atom. The van der Waals surface area contributed by atoms with Gasteiger partial charge in [0.1, 0.15) is 11.9 Å². The number of aromatic nitrogens is 1. The standard InChI is InChI=1S/C32H43BF3N3O4/c1-8-38(26-12-10-9-11-13-26)28-23(17-25(18-37-28)33-42-30(4,5)31(6,7)43-33)19-39-21(3)27(41-29(39)40)22-14-20(2)15-24(16-22)32(34,35)36/h14-18,21,26-27H,8-13,19H2,1-7H3/t21-,27-/m0/s1. The zero-order valence-corrected chi connectivity index (χ0v) is 26.3. The number of carbonyl (C=O) groups excluding carboxylic acids is 1. The van der Waals surface area contributed by atoms with Crippen LogP contribution in [0.5, 0.6) is 0 Å². The molecule has 11 heteroatoms. The van der Waals surface area contributed by atoms with Crippen LogP contribution in [-0.4, -0.2) is 52.9 Å². The van der Waals surface area contributed by atoms with Crippen molar-refractivity contribution in [3.63, 3.8) is 0 Å². The van der Waals surface area contributed by atoms with Crippen LogP contribution in [0.1, 0.15) is 102 Å². The number of nitrogens with zero attached hydrogens (tertiary/aromatic N) is 3. The molecule has 234 valence electrons. The van der Waals surface area contributed by atoms with Gasteiger partial charge in [0.2, 0.25) is 0 Å². The number of cyclic esters (lactones) is 1. The number of ether oxygens (including phenoxy) is 1. The molecule has 0 spiro atoms. The number of pyridine rings is 1. The summed E-state index contributed by atoms with van der Waals surface area (Å²) in [6.07, 6.45) is 1.60. The third kappa shape index (κ3) is 6.25. The molecular formula is C32H43BF3N3O4. The maximum atomic E-state index is 13.6. The molecule has 43 heavy (non-hydrogen) atoms. The van der Waals surface area contributed by atoms with Gasteiger partial charge in [-0.15, -0.1) is 0 Å². The van der Waals surface area contributed by atoms with Crippen molar-refractivity contribution in [3.05, 3.63) is 52.7 Å². The van der Waals surface area contributed by atoms with Crippen molar-refractivity contribution in [1.29, 1.82) is 0 Å². The van der Waals surface area contributed by atoms with Gasteiger partial charge in [0.25, 0.3) is 0 Å². The lowest BCUT2D eigenvalue weighted by atomic mass is 9.79. The van der Waals surface area contributed by atoms with Crippen molar-refractivity contribution in [3.8, 4) is 0 Å². The molecule has 1 aliphatic carbocycles. The monoisotopic (exact) mass is 601 g/mol. The van der Waals surface area contributed by atoms with E-state index in [4.69, 9.17) is 19.0 Å². The van der Waals surface area contributed by atoms with Gasteiger partial charge in [-0.25, -0.2) is 9.78 Å². The number of benzene rings is 1. The van der Waals surface area contributed by atoms with Gasteiger partial charge in [0.05, 0.1) is 29.4 Å². The number of amides is 1. The lowest BCUT2D eigenvalue weighted by Gasteiger charge is -2.36. The summed E-state index contributed by atoms with van der Waals surface area (Å²) in [5, 5.41) is 0. The Labute approximate surface area is 253 Å². The smallest absolute Gasteiger partial charge is 0.439 e. The predicted molar refractivity (Wildman–Crippen MR) is 160 cm³/mol. The van der Waals surface area contributed by atoms with Crippen LogP contribution in [0.4, 0.5) is 23.8 Å². The third-order valence-corrected chi connectivity index (χ3v) is 9.61. The summed E-state index contributed by atoms with van der Waals surface area (Å²) < 4.78 is 59.1. The molecule has 0 radical (unpaired) electrons.